The SMILES string of the molecule is Cn1c(=O)c2c(nc(N3CCCC(C(=O)NCCN4CCCC4)C3)n2Cc2c(F)cccc2Cl)n(C)c1=O. The van der Waals surface area contributed by atoms with Gasteiger partial charge in [-0.25, -0.2) is 9.18 Å². The highest BCUT2D eigenvalue weighted by atomic mass is 35.5. The van der Waals surface area contributed by atoms with E-state index in [2.05, 4.69) is 10.2 Å². The number of carbonyl (C=O) groups excluding carboxylic acids is 1. The number of likely N-dealkylation sites (tertiary alicyclic amines) is 1. The van der Waals surface area contributed by atoms with Crippen molar-refractivity contribution < 1.29 is 9.18 Å². The average Bonchev–Trinajstić information content (AvgIpc) is 3.57. The Hall–Kier alpha value is -3.18. The number of hydrogen-bond acceptors (Lipinski definition) is 6. The number of amides is 1. The summed E-state index contributed by atoms with van der Waals surface area (Å²) in [6.07, 6.45) is 3.91. The van der Waals surface area contributed by atoms with Crippen LogP contribution in [-0.2, 0) is 25.4 Å². The molecule has 1 unspecified atom stereocenters. The standard InChI is InChI=1S/C26H33ClFN7O3/c1-31-22-21(24(37)32(2)26(31)38)35(16-18-19(27)8-5-9-20(18)28)25(30-22)34-13-6-7-17(15-34)23(36)29-10-14-33-11-3-4-12-33/h5,8-9,17H,3-4,6-7,10-16H2,1-2H3,(H,29,36). The van der Waals surface area contributed by atoms with Gasteiger partial charge in [0.05, 0.1) is 12.5 Å². The van der Waals surface area contributed by atoms with E-state index in [9.17, 15) is 18.8 Å². The number of aromatic nitrogens is 4. The van der Waals surface area contributed by atoms with Crippen LogP contribution >= 0.6 is 11.6 Å². The van der Waals surface area contributed by atoms with Crippen molar-refractivity contribution >= 4 is 34.6 Å². The summed E-state index contributed by atoms with van der Waals surface area (Å²) in [6, 6.07) is 4.43. The quantitative estimate of drug-likeness (QED) is 0.485. The minimum Gasteiger partial charge on any atom is -0.355 e. The molecule has 0 aliphatic carbocycles. The Kier molecular flexibility index (Phi) is 7.58. The number of hydrogen-bond donors (Lipinski definition) is 1. The number of halogens is 2. The van der Waals surface area contributed by atoms with E-state index in [0.717, 1.165) is 37.0 Å². The van der Waals surface area contributed by atoms with E-state index >= 15 is 0 Å². The molecule has 5 rings (SSSR count). The zero-order valence-electron chi connectivity index (χ0n) is 21.8. The molecule has 1 atom stereocenters. The van der Waals surface area contributed by atoms with E-state index in [4.69, 9.17) is 16.6 Å². The molecule has 38 heavy (non-hydrogen) atoms. The maximum Gasteiger partial charge on any atom is 0.332 e. The Morgan fingerprint density at radius 3 is 2.63 bits per heavy atom. The zero-order chi connectivity index (χ0) is 27.0. The molecule has 2 fully saturated rings. The lowest BCUT2D eigenvalue weighted by atomic mass is 9.97. The molecule has 0 radical (unpaired) electrons. The molecule has 2 aliphatic heterocycles. The molecule has 2 saturated heterocycles. The predicted molar refractivity (Wildman–Crippen MR) is 144 cm³/mol. The molecule has 2 aliphatic rings. The fraction of sp³-hybridized carbons (Fsp3) is 0.538. The van der Waals surface area contributed by atoms with Crippen LogP contribution in [0.2, 0.25) is 5.02 Å². The lowest BCUT2D eigenvalue weighted by molar-refractivity contribution is -0.125. The Morgan fingerprint density at radius 2 is 1.89 bits per heavy atom. The Labute approximate surface area is 224 Å². The normalized spacial score (nSPS) is 18.4. The van der Waals surface area contributed by atoms with Crippen LogP contribution in [0.15, 0.2) is 27.8 Å². The average molecular weight is 546 g/mol. The van der Waals surface area contributed by atoms with Gasteiger partial charge in [-0.15, -0.1) is 0 Å². The second-order valence-electron chi connectivity index (χ2n) is 10.2. The molecule has 1 aromatic carbocycles. The molecule has 4 heterocycles. The topological polar surface area (TPSA) is 97.4 Å². The highest BCUT2D eigenvalue weighted by Gasteiger charge is 2.30. The largest absolute Gasteiger partial charge is 0.355 e. The third kappa shape index (κ3) is 4.96. The highest BCUT2D eigenvalue weighted by Crippen LogP contribution is 2.28. The summed E-state index contributed by atoms with van der Waals surface area (Å²) in [6.45, 7) is 4.58. The van der Waals surface area contributed by atoms with E-state index in [1.807, 2.05) is 4.90 Å². The number of piperidine rings is 1. The molecule has 0 bridgehead atoms. The first-order chi connectivity index (χ1) is 18.3. The second-order valence-corrected chi connectivity index (χ2v) is 10.6. The van der Waals surface area contributed by atoms with Gasteiger partial charge in [-0.3, -0.25) is 23.3 Å². The van der Waals surface area contributed by atoms with Crippen molar-refractivity contribution in [1.82, 2.24) is 28.9 Å². The first kappa shape index (κ1) is 26.4. The molecule has 1 amide bonds. The maximum absolute atomic E-state index is 14.8. The monoisotopic (exact) mass is 545 g/mol. The third-order valence-electron chi connectivity index (χ3n) is 7.71. The van der Waals surface area contributed by atoms with Crippen molar-refractivity contribution in [3.63, 3.8) is 0 Å². The van der Waals surface area contributed by atoms with E-state index in [-0.39, 0.29) is 40.1 Å². The highest BCUT2D eigenvalue weighted by molar-refractivity contribution is 6.31. The molecule has 3 aromatic rings. The number of carbonyl (C=O) groups is 1. The van der Waals surface area contributed by atoms with Crippen LogP contribution in [0.3, 0.4) is 0 Å². The van der Waals surface area contributed by atoms with Gasteiger partial charge in [0.15, 0.2) is 11.2 Å². The Bertz CT molecular complexity index is 1450. The summed E-state index contributed by atoms with van der Waals surface area (Å²) in [7, 11) is 2.95. The molecular weight excluding hydrogens is 513 g/mol. The van der Waals surface area contributed by atoms with Crippen molar-refractivity contribution in [2.24, 2.45) is 20.0 Å². The summed E-state index contributed by atoms with van der Waals surface area (Å²) in [4.78, 5) is 47.9. The van der Waals surface area contributed by atoms with E-state index in [0.29, 0.717) is 25.6 Å². The summed E-state index contributed by atoms with van der Waals surface area (Å²) < 4.78 is 18.8. The number of nitrogens with zero attached hydrogens (tertiary/aromatic N) is 6. The first-order valence-corrected chi connectivity index (χ1v) is 13.5. The first-order valence-electron chi connectivity index (χ1n) is 13.1. The number of imidazole rings is 1. The minimum absolute atomic E-state index is 0.00276. The lowest BCUT2D eigenvalue weighted by Crippen LogP contribution is -2.45. The number of nitrogens with one attached hydrogen (secondary N) is 1. The Morgan fingerprint density at radius 1 is 1.13 bits per heavy atom. The van der Waals surface area contributed by atoms with Crippen molar-refractivity contribution in [1.29, 1.82) is 0 Å². The molecule has 1 N–H and O–H groups in total. The van der Waals surface area contributed by atoms with E-state index in [1.54, 1.807) is 17.7 Å². The summed E-state index contributed by atoms with van der Waals surface area (Å²) >= 11 is 6.34. The number of rotatable bonds is 7. The second kappa shape index (κ2) is 10.9. The minimum atomic E-state index is -0.525. The summed E-state index contributed by atoms with van der Waals surface area (Å²) in [5.74, 6) is -0.343. The van der Waals surface area contributed by atoms with Gasteiger partial charge in [0, 0.05) is 50.9 Å². The van der Waals surface area contributed by atoms with Crippen LogP contribution in [0, 0.1) is 11.7 Å². The van der Waals surface area contributed by atoms with Gasteiger partial charge in [0.1, 0.15) is 5.82 Å². The van der Waals surface area contributed by atoms with Crippen molar-refractivity contribution in [2.45, 2.75) is 32.2 Å². The molecular formula is C26H33ClFN7O3. The zero-order valence-corrected chi connectivity index (χ0v) is 22.5. The molecule has 2 aromatic heterocycles. The smallest absolute Gasteiger partial charge is 0.332 e. The van der Waals surface area contributed by atoms with Crippen LogP contribution in [-0.4, -0.2) is 68.8 Å². The van der Waals surface area contributed by atoms with Crippen molar-refractivity contribution in [3.8, 4) is 0 Å². The van der Waals surface area contributed by atoms with Gasteiger partial charge in [-0.05, 0) is 50.9 Å². The fourth-order valence-electron chi connectivity index (χ4n) is 5.53. The molecule has 10 nitrogen and oxygen atoms in total. The number of aryl methyl sites for hydroxylation is 1. The van der Waals surface area contributed by atoms with Crippen molar-refractivity contribution in [3.05, 3.63) is 55.4 Å². The van der Waals surface area contributed by atoms with Gasteiger partial charge in [-0.1, -0.05) is 17.7 Å². The summed E-state index contributed by atoms with van der Waals surface area (Å²) in [5.41, 5.74) is -0.420. The number of fused-ring (bicyclic) bond motifs is 1. The predicted octanol–water partition coefficient (Wildman–Crippen LogP) is 1.70. The van der Waals surface area contributed by atoms with E-state index in [1.165, 1.54) is 36.6 Å². The molecule has 204 valence electrons. The van der Waals surface area contributed by atoms with Crippen LogP contribution < -0.4 is 21.5 Å². The number of anilines is 1. The molecule has 0 saturated carbocycles. The van der Waals surface area contributed by atoms with Crippen LogP contribution in [0.4, 0.5) is 10.3 Å². The molecule has 12 heteroatoms. The Balaban J connectivity index is 1.48. The van der Waals surface area contributed by atoms with Gasteiger partial charge < -0.3 is 15.1 Å². The van der Waals surface area contributed by atoms with Gasteiger partial charge >= 0.3 is 5.69 Å². The van der Waals surface area contributed by atoms with Crippen LogP contribution in [0.1, 0.15) is 31.2 Å². The van der Waals surface area contributed by atoms with Crippen LogP contribution in [0.5, 0.6) is 0 Å². The third-order valence-corrected chi connectivity index (χ3v) is 8.06. The number of benzene rings is 1. The van der Waals surface area contributed by atoms with E-state index < -0.39 is 17.1 Å². The lowest BCUT2D eigenvalue weighted by Gasteiger charge is -2.33. The fourth-order valence-corrected chi connectivity index (χ4v) is 5.75. The maximum atomic E-state index is 14.8. The van der Waals surface area contributed by atoms with Gasteiger partial charge in [0.2, 0.25) is 11.9 Å². The van der Waals surface area contributed by atoms with Crippen molar-refractivity contribution in [2.75, 3.05) is 44.2 Å². The van der Waals surface area contributed by atoms with Gasteiger partial charge in [-0.2, -0.15) is 4.98 Å². The summed E-state index contributed by atoms with van der Waals surface area (Å²) in [5, 5.41) is 3.31. The van der Waals surface area contributed by atoms with Gasteiger partial charge in [0.25, 0.3) is 5.56 Å². The van der Waals surface area contributed by atoms with Crippen LogP contribution in [0.25, 0.3) is 11.2 Å². The molecule has 0 spiro atoms.